The summed E-state index contributed by atoms with van der Waals surface area (Å²) < 4.78 is 7.83. The predicted octanol–water partition coefficient (Wildman–Crippen LogP) is 2.44. The molecule has 0 spiro atoms. The molecule has 0 bridgehead atoms. The number of fused-ring (bicyclic) bond motifs is 3. The van der Waals surface area contributed by atoms with Crippen molar-refractivity contribution in [1.82, 2.24) is 15.0 Å². The molecule has 0 fully saturated rings. The van der Waals surface area contributed by atoms with Gasteiger partial charge in [0.15, 0.2) is 5.82 Å². The van der Waals surface area contributed by atoms with Crippen LogP contribution in [0.2, 0.25) is 0 Å². The number of rotatable bonds is 3. The van der Waals surface area contributed by atoms with Crippen LogP contribution in [0.3, 0.4) is 0 Å². The third-order valence-corrected chi connectivity index (χ3v) is 6.39. The van der Waals surface area contributed by atoms with E-state index in [1.165, 1.54) is 19.8 Å². The number of nitrogens with zero attached hydrogens (tertiary/aromatic N) is 3. The quantitative estimate of drug-likeness (QED) is 0.745. The lowest BCUT2D eigenvalue weighted by Crippen LogP contribution is -2.27. The van der Waals surface area contributed by atoms with E-state index in [4.69, 9.17) is 9.72 Å². The molecule has 0 radical (unpaired) electrons. The minimum Gasteiger partial charge on any atom is -0.467 e. The van der Waals surface area contributed by atoms with Gasteiger partial charge in [0, 0.05) is 14.8 Å². The van der Waals surface area contributed by atoms with Crippen LogP contribution < -0.4 is 14.5 Å². The van der Waals surface area contributed by atoms with Crippen LogP contribution in [0.5, 0.6) is 6.01 Å². The molecule has 0 amide bonds. The number of ether oxygens (including phenoxy) is 1. The van der Waals surface area contributed by atoms with Gasteiger partial charge in [-0.2, -0.15) is 9.97 Å². The molecular formula is C22H19N3O2S. The van der Waals surface area contributed by atoms with Crippen LogP contribution in [-0.2, 0) is 0 Å². The first-order valence-electron chi connectivity index (χ1n) is 9.29. The summed E-state index contributed by atoms with van der Waals surface area (Å²) in [5, 5.41) is 12.9. The van der Waals surface area contributed by atoms with E-state index < -0.39 is 6.10 Å². The van der Waals surface area contributed by atoms with Crippen molar-refractivity contribution in [2.45, 2.75) is 24.9 Å². The zero-order chi connectivity index (χ0) is 19.1. The predicted molar refractivity (Wildman–Crippen MR) is 111 cm³/mol. The Kier molecular flexibility index (Phi) is 4.30. The number of benzene rings is 1. The summed E-state index contributed by atoms with van der Waals surface area (Å²) in [5.74, 6) is 0.857. The Morgan fingerprint density at radius 2 is 1.96 bits per heavy atom. The summed E-state index contributed by atoms with van der Waals surface area (Å²) in [6, 6.07) is 8.74. The number of allylic oxidation sites excluding steroid dienone is 2. The number of hydrogen-bond donors (Lipinski definition) is 1. The maximum Gasteiger partial charge on any atom is 0.319 e. The lowest BCUT2D eigenvalue weighted by atomic mass is 9.96. The van der Waals surface area contributed by atoms with Crippen LogP contribution in [0.4, 0.5) is 0 Å². The van der Waals surface area contributed by atoms with Crippen LogP contribution in [0.25, 0.3) is 21.7 Å². The van der Waals surface area contributed by atoms with Crippen molar-refractivity contribution in [3.8, 4) is 6.01 Å². The molecule has 5 rings (SSSR count). The lowest BCUT2D eigenvalue weighted by molar-refractivity contribution is 0.201. The lowest BCUT2D eigenvalue weighted by Gasteiger charge is -2.19. The fraction of sp³-hybridized carbons (Fsp3) is 0.227. The Bertz CT molecular complexity index is 1240. The van der Waals surface area contributed by atoms with E-state index in [2.05, 4.69) is 40.3 Å². The van der Waals surface area contributed by atoms with Gasteiger partial charge in [0.25, 0.3) is 0 Å². The first-order valence-corrected chi connectivity index (χ1v) is 10.1. The Labute approximate surface area is 166 Å². The van der Waals surface area contributed by atoms with Gasteiger partial charge in [0.05, 0.1) is 19.1 Å². The van der Waals surface area contributed by atoms with Gasteiger partial charge in [-0.05, 0) is 29.5 Å². The first-order chi connectivity index (χ1) is 13.7. The van der Waals surface area contributed by atoms with Gasteiger partial charge in [-0.25, -0.2) is 4.98 Å². The highest BCUT2D eigenvalue weighted by atomic mass is 32.1. The average molecular weight is 389 g/mol. The van der Waals surface area contributed by atoms with Crippen LogP contribution in [0.1, 0.15) is 30.4 Å². The van der Waals surface area contributed by atoms with E-state index in [0.717, 1.165) is 18.4 Å². The van der Waals surface area contributed by atoms with E-state index >= 15 is 0 Å². The minimum absolute atomic E-state index is 0.278. The zero-order valence-electron chi connectivity index (χ0n) is 15.4. The van der Waals surface area contributed by atoms with E-state index in [1.807, 2.05) is 18.2 Å². The maximum absolute atomic E-state index is 10.4. The van der Waals surface area contributed by atoms with Gasteiger partial charge in [0.1, 0.15) is 5.82 Å². The third kappa shape index (κ3) is 2.85. The van der Waals surface area contributed by atoms with Crippen molar-refractivity contribution in [2.24, 2.45) is 0 Å². The number of aromatic nitrogens is 3. The van der Waals surface area contributed by atoms with Crippen molar-refractivity contribution in [1.29, 1.82) is 0 Å². The van der Waals surface area contributed by atoms with Crippen molar-refractivity contribution in [3.05, 3.63) is 70.0 Å². The normalized spacial score (nSPS) is 20.9. The Morgan fingerprint density at radius 1 is 1.11 bits per heavy atom. The first kappa shape index (κ1) is 17.3. The SMILES string of the molecule is COc1nc(C2=c3sc4ccccc4c3=CCC2)nc(C2C=CC=CC2O)n1. The molecule has 5 nitrogen and oxygen atoms in total. The molecule has 0 aliphatic heterocycles. The summed E-state index contributed by atoms with van der Waals surface area (Å²) in [5.41, 5.74) is 1.12. The fourth-order valence-electron chi connectivity index (χ4n) is 3.76. The highest BCUT2D eigenvalue weighted by Gasteiger charge is 2.24. The molecule has 2 heterocycles. The number of methoxy groups -OCH3 is 1. The summed E-state index contributed by atoms with van der Waals surface area (Å²) in [7, 11) is 1.56. The van der Waals surface area contributed by atoms with Crippen LogP contribution in [-0.4, -0.2) is 33.3 Å². The largest absolute Gasteiger partial charge is 0.467 e. The average Bonchev–Trinajstić information content (AvgIpc) is 3.12. The van der Waals surface area contributed by atoms with Crippen LogP contribution >= 0.6 is 11.3 Å². The van der Waals surface area contributed by atoms with Crippen molar-refractivity contribution < 1.29 is 9.84 Å². The van der Waals surface area contributed by atoms with Crippen molar-refractivity contribution >= 4 is 33.1 Å². The molecule has 0 saturated heterocycles. The third-order valence-electron chi connectivity index (χ3n) is 5.14. The zero-order valence-corrected chi connectivity index (χ0v) is 16.2. The molecule has 2 aliphatic carbocycles. The number of thiophene rings is 1. The van der Waals surface area contributed by atoms with E-state index in [0.29, 0.717) is 11.6 Å². The molecule has 2 aromatic heterocycles. The molecule has 2 aliphatic rings. The van der Waals surface area contributed by atoms with Crippen LogP contribution in [0.15, 0.2) is 48.6 Å². The fourth-order valence-corrected chi connectivity index (χ4v) is 5.04. The Morgan fingerprint density at radius 3 is 2.82 bits per heavy atom. The minimum atomic E-state index is -0.658. The molecule has 0 saturated carbocycles. The molecule has 140 valence electrons. The smallest absolute Gasteiger partial charge is 0.319 e. The van der Waals surface area contributed by atoms with Crippen molar-refractivity contribution in [2.75, 3.05) is 7.11 Å². The molecule has 2 unspecified atom stereocenters. The number of aliphatic hydroxyl groups excluding tert-OH is 1. The van der Waals surface area contributed by atoms with E-state index in [1.54, 1.807) is 24.5 Å². The molecule has 28 heavy (non-hydrogen) atoms. The molecule has 2 atom stereocenters. The molecule has 1 N–H and O–H groups in total. The molecular weight excluding hydrogens is 370 g/mol. The number of aliphatic hydroxyl groups is 1. The Hall–Kier alpha value is -2.83. The molecule has 3 aromatic rings. The van der Waals surface area contributed by atoms with Gasteiger partial charge in [-0.1, -0.05) is 48.6 Å². The second-order valence-electron chi connectivity index (χ2n) is 6.85. The monoisotopic (exact) mass is 389 g/mol. The highest BCUT2D eigenvalue weighted by Crippen LogP contribution is 2.26. The van der Waals surface area contributed by atoms with Gasteiger partial charge < -0.3 is 9.84 Å². The van der Waals surface area contributed by atoms with Crippen molar-refractivity contribution in [3.63, 3.8) is 0 Å². The maximum atomic E-state index is 10.4. The molecule has 6 heteroatoms. The summed E-state index contributed by atoms with van der Waals surface area (Å²) in [6.45, 7) is 0. The number of hydrogen-bond acceptors (Lipinski definition) is 6. The Balaban J connectivity index is 1.73. The van der Waals surface area contributed by atoms with Gasteiger partial charge >= 0.3 is 6.01 Å². The standard InChI is InChI=1S/C22H19N3O2S/c1-27-22-24-20(15-8-2-4-11-17(15)26)23-21(25-22)16-10-6-9-14-13-7-3-5-12-18(13)28-19(14)16/h2-5,7-9,11-12,15,17,26H,6,10H2,1H3. The van der Waals surface area contributed by atoms with Gasteiger partial charge in [0.2, 0.25) is 0 Å². The summed E-state index contributed by atoms with van der Waals surface area (Å²) >= 11 is 1.77. The second kappa shape index (κ2) is 6.96. The molecule has 1 aromatic carbocycles. The second-order valence-corrected chi connectivity index (χ2v) is 7.90. The van der Waals surface area contributed by atoms with Gasteiger partial charge in [-0.15, -0.1) is 11.3 Å². The highest BCUT2D eigenvalue weighted by molar-refractivity contribution is 7.17. The summed E-state index contributed by atoms with van der Waals surface area (Å²) in [4.78, 5) is 13.7. The van der Waals surface area contributed by atoms with E-state index in [9.17, 15) is 5.11 Å². The van der Waals surface area contributed by atoms with Crippen LogP contribution in [0, 0.1) is 0 Å². The summed E-state index contributed by atoms with van der Waals surface area (Å²) in [6.07, 6.45) is 10.8. The topological polar surface area (TPSA) is 68.1 Å². The van der Waals surface area contributed by atoms with Gasteiger partial charge in [-0.3, -0.25) is 0 Å². The van der Waals surface area contributed by atoms with E-state index in [-0.39, 0.29) is 11.9 Å².